The number of hydrogen-bond acceptors (Lipinski definition) is 6. The third kappa shape index (κ3) is 3.39. The Bertz CT molecular complexity index is 236. The highest BCUT2D eigenvalue weighted by molar-refractivity contribution is 5.66. The molecule has 94 valence electrons. The summed E-state index contributed by atoms with van der Waals surface area (Å²) in [4.78, 5) is 10.3. The van der Waals surface area contributed by atoms with Crippen molar-refractivity contribution in [2.75, 3.05) is 19.8 Å². The molecule has 1 fully saturated rings. The number of aliphatic carboxylic acids is 1. The number of carboxylic acid groups (broad SMARTS) is 1. The molecule has 5 N–H and O–H groups in total. The zero-order valence-corrected chi connectivity index (χ0v) is 8.74. The van der Waals surface area contributed by atoms with Crippen molar-refractivity contribution in [2.24, 2.45) is 0 Å². The number of carboxylic acids is 1. The predicted molar refractivity (Wildman–Crippen MR) is 52.9 cm³/mol. The Hall–Kier alpha value is -0.730. The van der Waals surface area contributed by atoms with Crippen LogP contribution in [0.5, 0.6) is 0 Å². The Labute approximate surface area is 92.7 Å². The van der Waals surface area contributed by atoms with E-state index in [2.05, 4.69) is 5.32 Å². The molecule has 7 heteroatoms. The van der Waals surface area contributed by atoms with Gasteiger partial charge in [0.15, 0.2) is 0 Å². The number of aliphatic hydroxyl groups excluding tert-OH is 3. The van der Waals surface area contributed by atoms with Gasteiger partial charge >= 0.3 is 5.97 Å². The number of aliphatic hydroxyl groups is 3. The molecule has 16 heavy (non-hydrogen) atoms. The minimum absolute atomic E-state index is 0.0667. The second-order valence-electron chi connectivity index (χ2n) is 3.74. The summed E-state index contributed by atoms with van der Waals surface area (Å²) in [7, 11) is 0. The lowest BCUT2D eigenvalue weighted by molar-refractivity contribution is -0.161. The van der Waals surface area contributed by atoms with Crippen molar-refractivity contribution in [3.8, 4) is 0 Å². The third-order valence-electron chi connectivity index (χ3n) is 2.56. The van der Waals surface area contributed by atoms with Crippen molar-refractivity contribution in [3.63, 3.8) is 0 Å². The molecule has 1 heterocycles. The topological polar surface area (TPSA) is 119 Å². The van der Waals surface area contributed by atoms with Crippen LogP contribution in [-0.4, -0.2) is 70.5 Å². The largest absolute Gasteiger partial charge is 0.481 e. The number of hydrogen-bond donors (Lipinski definition) is 5. The molecule has 0 aromatic carbocycles. The Balaban J connectivity index is 2.36. The molecule has 1 rings (SSSR count). The van der Waals surface area contributed by atoms with Crippen molar-refractivity contribution >= 4 is 5.97 Å². The van der Waals surface area contributed by atoms with Gasteiger partial charge in [-0.2, -0.15) is 0 Å². The average molecular weight is 235 g/mol. The Kier molecular flexibility index (Phi) is 5.10. The van der Waals surface area contributed by atoms with Crippen LogP contribution in [0.1, 0.15) is 6.42 Å². The van der Waals surface area contributed by atoms with Crippen molar-refractivity contribution < 1.29 is 30.0 Å². The summed E-state index contributed by atoms with van der Waals surface area (Å²) in [5, 5.41) is 39.2. The standard InChI is InChI=1S/C9H17NO6/c11-3-6-9(15)8(14)5(4-16-6)10-2-1-7(12)13/h5-6,8-11,14-15H,1-4H2,(H,12,13). The minimum Gasteiger partial charge on any atom is -0.481 e. The van der Waals surface area contributed by atoms with E-state index >= 15 is 0 Å². The van der Waals surface area contributed by atoms with Crippen LogP contribution >= 0.6 is 0 Å². The van der Waals surface area contributed by atoms with Gasteiger partial charge in [0.05, 0.1) is 25.7 Å². The van der Waals surface area contributed by atoms with Crippen molar-refractivity contribution in [1.29, 1.82) is 0 Å². The van der Waals surface area contributed by atoms with Gasteiger partial charge in [0, 0.05) is 6.54 Å². The molecule has 0 bridgehead atoms. The molecule has 0 amide bonds. The zero-order chi connectivity index (χ0) is 12.1. The van der Waals surface area contributed by atoms with Gasteiger partial charge in [-0.05, 0) is 0 Å². The molecule has 7 nitrogen and oxygen atoms in total. The van der Waals surface area contributed by atoms with Gasteiger partial charge in [-0.3, -0.25) is 4.79 Å². The molecule has 1 saturated heterocycles. The van der Waals surface area contributed by atoms with Crippen LogP contribution in [0.4, 0.5) is 0 Å². The molecule has 0 aromatic rings. The highest BCUT2D eigenvalue weighted by atomic mass is 16.5. The molecular weight excluding hydrogens is 218 g/mol. The van der Waals surface area contributed by atoms with E-state index < -0.39 is 30.3 Å². The van der Waals surface area contributed by atoms with Gasteiger partial charge in [0.25, 0.3) is 0 Å². The Morgan fingerprint density at radius 2 is 2.06 bits per heavy atom. The van der Waals surface area contributed by atoms with Crippen LogP contribution in [0.2, 0.25) is 0 Å². The first-order valence-corrected chi connectivity index (χ1v) is 5.10. The first-order valence-electron chi connectivity index (χ1n) is 5.10. The fourth-order valence-electron chi connectivity index (χ4n) is 1.59. The van der Waals surface area contributed by atoms with E-state index in [0.29, 0.717) is 0 Å². The molecule has 0 radical (unpaired) electrons. The summed E-state index contributed by atoms with van der Waals surface area (Å²) in [5.74, 6) is -0.937. The number of ether oxygens (including phenoxy) is 1. The molecule has 4 unspecified atom stereocenters. The van der Waals surface area contributed by atoms with Gasteiger partial charge < -0.3 is 30.5 Å². The number of rotatable bonds is 5. The molecule has 0 aliphatic carbocycles. The highest BCUT2D eigenvalue weighted by Crippen LogP contribution is 2.15. The molecule has 0 saturated carbocycles. The maximum absolute atomic E-state index is 10.3. The van der Waals surface area contributed by atoms with Crippen LogP contribution in [-0.2, 0) is 9.53 Å². The summed E-state index contributed by atoms with van der Waals surface area (Å²) in [6.45, 7) is -0.0416. The second kappa shape index (κ2) is 6.12. The van der Waals surface area contributed by atoms with E-state index in [0.717, 1.165) is 0 Å². The quantitative estimate of drug-likeness (QED) is 0.358. The molecule has 1 aliphatic heterocycles. The second-order valence-corrected chi connectivity index (χ2v) is 3.74. The highest BCUT2D eigenvalue weighted by Gasteiger charge is 2.37. The SMILES string of the molecule is O=C(O)CCNC1COC(CO)C(O)C1O. The van der Waals surface area contributed by atoms with Gasteiger partial charge in [-0.15, -0.1) is 0 Å². The normalized spacial score (nSPS) is 34.9. The van der Waals surface area contributed by atoms with Crippen LogP contribution < -0.4 is 5.32 Å². The zero-order valence-electron chi connectivity index (χ0n) is 8.74. The van der Waals surface area contributed by atoms with Crippen molar-refractivity contribution in [2.45, 2.75) is 30.8 Å². The van der Waals surface area contributed by atoms with Gasteiger partial charge in [0.1, 0.15) is 18.3 Å². The maximum atomic E-state index is 10.3. The van der Waals surface area contributed by atoms with Crippen LogP contribution in [0.15, 0.2) is 0 Å². The van der Waals surface area contributed by atoms with E-state index in [4.69, 9.17) is 14.9 Å². The van der Waals surface area contributed by atoms with E-state index in [9.17, 15) is 15.0 Å². The smallest absolute Gasteiger partial charge is 0.304 e. The van der Waals surface area contributed by atoms with E-state index in [1.165, 1.54) is 0 Å². The monoisotopic (exact) mass is 235 g/mol. The molecule has 4 atom stereocenters. The lowest BCUT2D eigenvalue weighted by Crippen LogP contribution is -2.59. The van der Waals surface area contributed by atoms with Crippen molar-refractivity contribution in [1.82, 2.24) is 5.32 Å². The molecule has 1 aliphatic rings. The lowest BCUT2D eigenvalue weighted by Gasteiger charge is -2.37. The molecule has 0 spiro atoms. The Morgan fingerprint density at radius 3 is 2.62 bits per heavy atom. The Morgan fingerprint density at radius 1 is 1.38 bits per heavy atom. The van der Waals surface area contributed by atoms with Gasteiger partial charge in [0.2, 0.25) is 0 Å². The van der Waals surface area contributed by atoms with E-state index in [1.807, 2.05) is 0 Å². The first-order chi connectivity index (χ1) is 7.56. The molecule has 0 aromatic heterocycles. The minimum atomic E-state index is -1.17. The first kappa shape index (κ1) is 13.3. The fraction of sp³-hybridized carbons (Fsp3) is 0.889. The van der Waals surface area contributed by atoms with E-state index in [-0.39, 0.29) is 26.2 Å². The number of carbonyl (C=O) groups is 1. The van der Waals surface area contributed by atoms with Crippen LogP contribution in [0.25, 0.3) is 0 Å². The summed E-state index contributed by atoms with van der Waals surface area (Å²) in [6, 6.07) is -0.517. The van der Waals surface area contributed by atoms with Gasteiger partial charge in [-0.25, -0.2) is 0 Å². The summed E-state index contributed by atoms with van der Waals surface area (Å²) in [6.07, 6.45) is -3.09. The fourth-order valence-corrected chi connectivity index (χ4v) is 1.59. The lowest BCUT2D eigenvalue weighted by atomic mass is 9.98. The molecular formula is C9H17NO6. The van der Waals surface area contributed by atoms with Crippen LogP contribution in [0.3, 0.4) is 0 Å². The summed E-state index contributed by atoms with van der Waals surface area (Å²) >= 11 is 0. The third-order valence-corrected chi connectivity index (χ3v) is 2.56. The van der Waals surface area contributed by atoms with Crippen LogP contribution in [0, 0.1) is 0 Å². The average Bonchev–Trinajstić information content (AvgIpc) is 2.24. The van der Waals surface area contributed by atoms with Crippen molar-refractivity contribution in [3.05, 3.63) is 0 Å². The summed E-state index contributed by atoms with van der Waals surface area (Å²) in [5.41, 5.74) is 0. The van der Waals surface area contributed by atoms with E-state index in [1.54, 1.807) is 0 Å². The summed E-state index contributed by atoms with van der Waals surface area (Å²) < 4.78 is 5.11. The maximum Gasteiger partial charge on any atom is 0.304 e. The van der Waals surface area contributed by atoms with Gasteiger partial charge in [-0.1, -0.05) is 0 Å². The predicted octanol–water partition coefficient (Wildman–Crippen LogP) is -2.47. The number of nitrogens with one attached hydrogen (secondary N) is 1.